The molecule has 0 atom stereocenters. The Morgan fingerprint density at radius 2 is 1.69 bits per heavy atom. The lowest BCUT2D eigenvalue weighted by molar-refractivity contribution is -0.119. The highest BCUT2D eigenvalue weighted by Crippen LogP contribution is 2.21. The van der Waals surface area contributed by atoms with E-state index in [1.807, 2.05) is 32.9 Å². The molecule has 0 fully saturated rings. The van der Waals surface area contributed by atoms with Crippen LogP contribution in [0.2, 0.25) is 0 Å². The van der Waals surface area contributed by atoms with Gasteiger partial charge in [-0.15, -0.1) is 11.8 Å². The van der Waals surface area contributed by atoms with Crippen LogP contribution >= 0.6 is 11.8 Å². The molecule has 0 aliphatic carbocycles. The summed E-state index contributed by atoms with van der Waals surface area (Å²) in [6, 6.07) is 13.9. The number of aryl methyl sites for hydroxylation is 2. The number of rotatable bonds is 7. The molecular weight excluding hydrogens is 344 g/mol. The van der Waals surface area contributed by atoms with Crippen LogP contribution in [0.4, 0.5) is 11.4 Å². The lowest BCUT2D eigenvalue weighted by Crippen LogP contribution is -2.18. The first-order valence-electron chi connectivity index (χ1n) is 8.70. The summed E-state index contributed by atoms with van der Waals surface area (Å²) in [6.07, 6.45) is 0. The molecule has 138 valence electrons. The molecule has 0 radical (unpaired) electrons. The maximum absolute atomic E-state index is 12.2. The quantitative estimate of drug-likeness (QED) is 0.738. The third-order valence-electron chi connectivity index (χ3n) is 3.93. The first-order chi connectivity index (χ1) is 12.3. The maximum Gasteiger partial charge on any atom is 0.234 e. The van der Waals surface area contributed by atoms with E-state index >= 15 is 0 Å². The molecule has 5 heteroatoms. The Hall–Kier alpha value is -2.27. The van der Waals surface area contributed by atoms with Crippen LogP contribution in [0.5, 0.6) is 0 Å². The molecule has 26 heavy (non-hydrogen) atoms. The second-order valence-electron chi connectivity index (χ2n) is 6.70. The van der Waals surface area contributed by atoms with Crippen LogP contribution in [-0.4, -0.2) is 17.6 Å². The molecule has 2 rings (SSSR count). The molecule has 0 spiro atoms. The first-order valence-corrected chi connectivity index (χ1v) is 9.85. The van der Waals surface area contributed by atoms with Crippen molar-refractivity contribution in [3.63, 3.8) is 0 Å². The summed E-state index contributed by atoms with van der Waals surface area (Å²) in [5.41, 5.74) is 4.83. The van der Waals surface area contributed by atoms with E-state index in [2.05, 4.69) is 41.8 Å². The lowest BCUT2D eigenvalue weighted by Gasteiger charge is -2.12. The fourth-order valence-corrected chi connectivity index (χ4v) is 3.04. The van der Waals surface area contributed by atoms with Gasteiger partial charge in [0, 0.05) is 23.0 Å². The van der Waals surface area contributed by atoms with Gasteiger partial charge in [0.2, 0.25) is 11.8 Å². The summed E-state index contributed by atoms with van der Waals surface area (Å²) in [6.45, 7) is 7.68. The Balaban J connectivity index is 1.89. The number of benzene rings is 2. The van der Waals surface area contributed by atoms with Gasteiger partial charge in [0.25, 0.3) is 0 Å². The van der Waals surface area contributed by atoms with Crippen molar-refractivity contribution in [2.24, 2.45) is 5.92 Å². The summed E-state index contributed by atoms with van der Waals surface area (Å²) >= 11 is 1.58. The van der Waals surface area contributed by atoms with Crippen LogP contribution in [-0.2, 0) is 15.3 Å². The fourth-order valence-electron chi connectivity index (χ4n) is 2.25. The third-order valence-corrected chi connectivity index (χ3v) is 4.93. The van der Waals surface area contributed by atoms with Crippen LogP contribution in [0, 0.1) is 19.8 Å². The minimum atomic E-state index is -0.0903. The highest BCUT2D eigenvalue weighted by atomic mass is 32.2. The van der Waals surface area contributed by atoms with E-state index < -0.39 is 0 Å². The summed E-state index contributed by atoms with van der Waals surface area (Å²) in [7, 11) is 0. The minimum absolute atomic E-state index is 0.0419. The molecule has 0 saturated carbocycles. The van der Waals surface area contributed by atoms with Crippen molar-refractivity contribution in [1.29, 1.82) is 0 Å². The smallest absolute Gasteiger partial charge is 0.234 e. The van der Waals surface area contributed by atoms with Crippen molar-refractivity contribution >= 4 is 35.0 Å². The molecule has 0 heterocycles. The van der Waals surface area contributed by atoms with Gasteiger partial charge in [-0.2, -0.15) is 0 Å². The predicted octanol–water partition coefficient (Wildman–Crippen LogP) is 4.77. The van der Waals surface area contributed by atoms with Crippen molar-refractivity contribution in [3.8, 4) is 0 Å². The average Bonchev–Trinajstić information content (AvgIpc) is 2.59. The number of hydrogen-bond donors (Lipinski definition) is 2. The average molecular weight is 371 g/mol. The molecule has 2 amide bonds. The molecule has 0 aromatic heterocycles. The van der Waals surface area contributed by atoms with Crippen LogP contribution in [0.1, 0.15) is 30.5 Å². The molecular formula is C21H26N2O2S. The van der Waals surface area contributed by atoms with Gasteiger partial charge in [0.1, 0.15) is 0 Å². The minimum Gasteiger partial charge on any atom is -0.326 e. The van der Waals surface area contributed by atoms with Crippen molar-refractivity contribution in [2.75, 3.05) is 16.4 Å². The van der Waals surface area contributed by atoms with E-state index in [-0.39, 0.29) is 17.7 Å². The second-order valence-corrected chi connectivity index (χ2v) is 7.69. The van der Waals surface area contributed by atoms with Crippen LogP contribution in [0.15, 0.2) is 42.5 Å². The van der Waals surface area contributed by atoms with Crippen LogP contribution in [0.25, 0.3) is 0 Å². The highest BCUT2D eigenvalue weighted by molar-refractivity contribution is 7.99. The normalized spacial score (nSPS) is 10.7. The zero-order chi connectivity index (χ0) is 19.1. The lowest BCUT2D eigenvalue weighted by atomic mass is 10.1. The summed E-state index contributed by atoms with van der Waals surface area (Å²) in [4.78, 5) is 24.1. The molecule has 0 aliphatic heterocycles. The summed E-state index contributed by atoms with van der Waals surface area (Å²) in [5, 5.41) is 5.79. The number of nitrogens with one attached hydrogen (secondary N) is 2. The molecule has 0 bridgehead atoms. The number of carbonyl (C=O) groups excluding carboxylic acids is 2. The zero-order valence-electron chi connectivity index (χ0n) is 15.8. The van der Waals surface area contributed by atoms with Crippen LogP contribution < -0.4 is 10.6 Å². The van der Waals surface area contributed by atoms with E-state index in [1.54, 1.807) is 17.8 Å². The monoisotopic (exact) mass is 370 g/mol. The topological polar surface area (TPSA) is 58.2 Å². The van der Waals surface area contributed by atoms with Crippen molar-refractivity contribution in [2.45, 2.75) is 33.4 Å². The standard InChI is InChI=1S/C21H26N2O2S/c1-14(2)21(25)22-18-10-7-16(4)19(11-18)23-20(24)13-26-12-17-8-5-15(3)6-9-17/h5-11,14H,12-13H2,1-4H3,(H,22,25)(H,23,24). The largest absolute Gasteiger partial charge is 0.326 e. The van der Waals surface area contributed by atoms with E-state index in [4.69, 9.17) is 0 Å². The van der Waals surface area contributed by atoms with Gasteiger partial charge in [-0.25, -0.2) is 0 Å². The van der Waals surface area contributed by atoms with E-state index in [0.717, 1.165) is 17.0 Å². The fraction of sp³-hybridized carbons (Fsp3) is 0.333. The van der Waals surface area contributed by atoms with Gasteiger partial charge in [-0.3, -0.25) is 9.59 Å². The van der Waals surface area contributed by atoms with E-state index in [9.17, 15) is 9.59 Å². The number of amides is 2. The number of hydrogen-bond acceptors (Lipinski definition) is 3. The summed E-state index contributed by atoms with van der Waals surface area (Å²) in [5.74, 6) is 1.01. The molecule has 2 N–H and O–H groups in total. The Labute approximate surface area is 159 Å². The second kappa shape index (κ2) is 9.43. The number of carbonyl (C=O) groups is 2. The Kier molecular flexibility index (Phi) is 7.27. The Morgan fingerprint density at radius 1 is 1.00 bits per heavy atom. The number of anilines is 2. The third kappa shape index (κ3) is 6.23. The zero-order valence-corrected chi connectivity index (χ0v) is 16.6. The summed E-state index contributed by atoms with van der Waals surface area (Å²) < 4.78 is 0. The van der Waals surface area contributed by atoms with Crippen molar-refractivity contribution < 1.29 is 9.59 Å². The molecule has 0 saturated heterocycles. The van der Waals surface area contributed by atoms with E-state index in [1.165, 1.54) is 11.1 Å². The number of thioether (sulfide) groups is 1. The molecule has 0 aliphatic rings. The SMILES string of the molecule is Cc1ccc(CSCC(=O)Nc2cc(NC(=O)C(C)C)ccc2C)cc1. The predicted molar refractivity (Wildman–Crippen MR) is 111 cm³/mol. The molecule has 2 aromatic carbocycles. The Morgan fingerprint density at radius 3 is 2.35 bits per heavy atom. The molecule has 2 aromatic rings. The molecule has 4 nitrogen and oxygen atoms in total. The van der Waals surface area contributed by atoms with Gasteiger partial charge in [0.15, 0.2) is 0 Å². The van der Waals surface area contributed by atoms with Gasteiger partial charge < -0.3 is 10.6 Å². The van der Waals surface area contributed by atoms with Crippen molar-refractivity contribution in [1.82, 2.24) is 0 Å². The van der Waals surface area contributed by atoms with Gasteiger partial charge in [-0.05, 0) is 37.1 Å². The van der Waals surface area contributed by atoms with Gasteiger partial charge in [-0.1, -0.05) is 49.7 Å². The molecule has 0 unspecified atom stereocenters. The van der Waals surface area contributed by atoms with Crippen LogP contribution in [0.3, 0.4) is 0 Å². The maximum atomic E-state index is 12.2. The Bertz CT molecular complexity index is 770. The van der Waals surface area contributed by atoms with Gasteiger partial charge in [0.05, 0.1) is 5.75 Å². The van der Waals surface area contributed by atoms with Gasteiger partial charge >= 0.3 is 0 Å². The van der Waals surface area contributed by atoms with E-state index in [0.29, 0.717) is 11.4 Å². The first kappa shape index (κ1) is 20.0. The van der Waals surface area contributed by atoms with Crippen molar-refractivity contribution in [3.05, 3.63) is 59.2 Å². The highest BCUT2D eigenvalue weighted by Gasteiger charge is 2.10.